The Kier molecular flexibility index (Phi) is 7.10. The number of thiocarbonyl (C=S) groups is 1. The Bertz CT molecular complexity index is 786. The highest BCUT2D eigenvalue weighted by Gasteiger charge is 2.00. The second-order valence-electron chi connectivity index (χ2n) is 5.83. The quantitative estimate of drug-likeness (QED) is 0.340. The summed E-state index contributed by atoms with van der Waals surface area (Å²) in [6, 6.07) is 18.9. The number of aryl methyl sites for hydroxylation is 1. The van der Waals surface area contributed by atoms with E-state index in [1.807, 2.05) is 30.4 Å². The van der Waals surface area contributed by atoms with E-state index < -0.39 is 0 Å². The van der Waals surface area contributed by atoms with Crippen molar-refractivity contribution >= 4 is 34.8 Å². The van der Waals surface area contributed by atoms with Crippen molar-refractivity contribution in [1.29, 1.82) is 0 Å². The van der Waals surface area contributed by atoms with Gasteiger partial charge in [0.2, 0.25) is 0 Å². The van der Waals surface area contributed by atoms with E-state index in [4.69, 9.17) is 12.2 Å². The molecule has 1 aromatic heterocycles. The van der Waals surface area contributed by atoms with E-state index in [0.29, 0.717) is 5.11 Å². The van der Waals surface area contributed by atoms with Crippen molar-refractivity contribution in [2.45, 2.75) is 23.6 Å². The number of benzene rings is 2. The molecule has 0 saturated heterocycles. The van der Waals surface area contributed by atoms with Gasteiger partial charge in [0.1, 0.15) is 0 Å². The first-order valence-corrected chi connectivity index (χ1v) is 9.96. The Labute approximate surface area is 164 Å². The zero-order valence-corrected chi connectivity index (χ0v) is 16.1. The molecule has 2 aromatic carbocycles. The molecular formula is C20H22N4S2. The summed E-state index contributed by atoms with van der Waals surface area (Å²) in [7, 11) is 0. The molecule has 0 aliphatic rings. The van der Waals surface area contributed by atoms with Crippen molar-refractivity contribution in [1.82, 2.24) is 14.9 Å². The van der Waals surface area contributed by atoms with Crippen LogP contribution in [0.4, 0.5) is 5.69 Å². The number of nitrogens with zero attached hydrogens (tertiary/aromatic N) is 2. The van der Waals surface area contributed by atoms with Gasteiger partial charge in [-0.05, 0) is 48.5 Å². The Morgan fingerprint density at radius 2 is 1.88 bits per heavy atom. The molecular weight excluding hydrogens is 360 g/mol. The molecule has 2 N–H and O–H groups in total. The van der Waals surface area contributed by atoms with E-state index in [-0.39, 0.29) is 0 Å². The zero-order valence-electron chi connectivity index (χ0n) is 14.5. The lowest BCUT2D eigenvalue weighted by molar-refractivity contribution is 0.632. The Morgan fingerprint density at radius 3 is 2.62 bits per heavy atom. The van der Waals surface area contributed by atoms with Crippen molar-refractivity contribution in [2.24, 2.45) is 0 Å². The molecule has 0 spiro atoms. The summed E-state index contributed by atoms with van der Waals surface area (Å²) in [6.07, 6.45) is 6.58. The number of hydrogen-bond donors (Lipinski definition) is 2. The number of imidazole rings is 1. The largest absolute Gasteiger partial charge is 0.362 e. The van der Waals surface area contributed by atoms with Crippen LogP contribution in [0, 0.1) is 0 Å². The molecule has 4 nitrogen and oxygen atoms in total. The van der Waals surface area contributed by atoms with Crippen LogP contribution < -0.4 is 10.6 Å². The Morgan fingerprint density at radius 1 is 1.08 bits per heavy atom. The Hall–Kier alpha value is -2.31. The van der Waals surface area contributed by atoms with Crippen molar-refractivity contribution < 1.29 is 0 Å². The van der Waals surface area contributed by atoms with Crippen molar-refractivity contribution in [3.8, 4) is 0 Å². The van der Waals surface area contributed by atoms with Gasteiger partial charge in [-0.1, -0.05) is 30.3 Å². The number of rotatable bonds is 8. The van der Waals surface area contributed by atoms with Crippen LogP contribution in [0.2, 0.25) is 0 Å². The minimum atomic E-state index is 0.655. The van der Waals surface area contributed by atoms with Crippen LogP contribution in [-0.4, -0.2) is 21.2 Å². The first-order valence-electron chi connectivity index (χ1n) is 8.57. The molecule has 0 unspecified atom stereocenters. The highest BCUT2D eigenvalue weighted by molar-refractivity contribution is 7.98. The van der Waals surface area contributed by atoms with Gasteiger partial charge in [0.15, 0.2) is 5.11 Å². The van der Waals surface area contributed by atoms with Gasteiger partial charge in [-0.25, -0.2) is 4.98 Å². The zero-order chi connectivity index (χ0) is 18.0. The van der Waals surface area contributed by atoms with Crippen LogP contribution in [0.5, 0.6) is 0 Å². The summed E-state index contributed by atoms with van der Waals surface area (Å²) >= 11 is 7.19. The van der Waals surface area contributed by atoms with Crippen LogP contribution in [0.15, 0.2) is 78.2 Å². The standard InChI is InChI=1S/C20H22N4S2/c25-20(22-11-4-13-24-14-12-21-16-24)23-18-9-7-17(8-10-18)15-26-19-5-2-1-3-6-19/h1-3,5-10,12,14,16H,4,11,13,15H2,(H2,22,23,25). The van der Waals surface area contributed by atoms with Gasteiger partial charge in [-0.3, -0.25) is 0 Å². The lowest BCUT2D eigenvalue weighted by Crippen LogP contribution is -2.29. The lowest BCUT2D eigenvalue weighted by Gasteiger charge is -2.11. The molecule has 0 amide bonds. The highest BCUT2D eigenvalue weighted by atomic mass is 32.2. The van der Waals surface area contributed by atoms with Gasteiger partial charge < -0.3 is 15.2 Å². The molecule has 6 heteroatoms. The average Bonchev–Trinajstić information content (AvgIpc) is 3.19. The van der Waals surface area contributed by atoms with Gasteiger partial charge >= 0.3 is 0 Å². The van der Waals surface area contributed by atoms with Crippen molar-refractivity contribution in [2.75, 3.05) is 11.9 Å². The Balaban J connectivity index is 1.37. The van der Waals surface area contributed by atoms with E-state index in [9.17, 15) is 0 Å². The summed E-state index contributed by atoms with van der Waals surface area (Å²) in [4.78, 5) is 5.32. The molecule has 26 heavy (non-hydrogen) atoms. The predicted molar refractivity (Wildman–Crippen MR) is 114 cm³/mol. The molecule has 0 aliphatic carbocycles. The molecule has 3 aromatic rings. The van der Waals surface area contributed by atoms with Gasteiger partial charge in [-0.15, -0.1) is 11.8 Å². The topological polar surface area (TPSA) is 41.9 Å². The van der Waals surface area contributed by atoms with Crippen LogP contribution in [0.3, 0.4) is 0 Å². The summed E-state index contributed by atoms with van der Waals surface area (Å²) in [6.45, 7) is 1.76. The summed E-state index contributed by atoms with van der Waals surface area (Å²) in [5.74, 6) is 0.960. The number of hydrogen-bond acceptors (Lipinski definition) is 3. The maximum Gasteiger partial charge on any atom is 0.170 e. The molecule has 134 valence electrons. The fourth-order valence-corrected chi connectivity index (χ4v) is 3.52. The average molecular weight is 383 g/mol. The van der Waals surface area contributed by atoms with Crippen LogP contribution in [0.25, 0.3) is 0 Å². The van der Waals surface area contributed by atoms with Crippen LogP contribution in [-0.2, 0) is 12.3 Å². The maximum atomic E-state index is 5.35. The molecule has 0 atom stereocenters. The third-order valence-electron chi connectivity index (χ3n) is 3.80. The second kappa shape index (κ2) is 9.99. The fourth-order valence-electron chi connectivity index (χ4n) is 2.43. The number of nitrogens with one attached hydrogen (secondary N) is 2. The molecule has 1 heterocycles. The maximum absolute atomic E-state index is 5.35. The fraction of sp³-hybridized carbons (Fsp3) is 0.200. The minimum Gasteiger partial charge on any atom is -0.362 e. The third-order valence-corrected chi connectivity index (χ3v) is 5.13. The number of aromatic nitrogens is 2. The van der Waals surface area contributed by atoms with Gasteiger partial charge in [-0.2, -0.15) is 0 Å². The number of thioether (sulfide) groups is 1. The lowest BCUT2D eigenvalue weighted by atomic mass is 10.2. The van der Waals surface area contributed by atoms with E-state index in [2.05, 4.69) is 68.7 Å². The van der Waals surface area contributed by atoms with Crippen molar-refractivity contribution in [3.63, 3.8) is 0 Å². The first kappa shape index (κ1) is 18.5. The van der Waals surface area contributed by atoms with Gasteiger partial charge in [0.05, 0.1) is 6.33 Å². The molecule has 0 saturated carbocycles. The van der Waals surface area contributed by atoms with E-state index in [1.54, 1.807) is 6.20 Å². The smallest absolute Gasteiger partial charge is 0.170 e. The normalized spacial score (nSPS) is 10.5. The molecule has 0 radical (unpaired) electrons. The minimum absolute atomic E-state index is 0.655. The highest BCUT2D eigenvalue weighted by Crippen LogP contribution is 2.23. The molecule has 0 aliphatic heterocycles. The SMILES string of the molecule is S=C(NCCCn1ccnc1)Nc1ccc(CSc2ccccc2)cc1. The molecule has 0 bridgehead atoms. The van der Waals surface area contributed by atoms with E-state index in [0.717, 1.165) is 31.0 Å². The predicted octanol–water partition coefficient (Wildman–Crippen LogP) is 4.55. The first-order chi connectivity index (χ1) is 12.8. The molecule has 3 rings (SSSR count). The molecule has 0 fully saturated rings. The number of anilines is 1. The van der Waals surface area contributed by atoms with Crippen LogP contribution >= 0.6 is 24.0 Å². The van der Waals surface area contributed by atoms with E-state index >= 15 is 0 Å². The van der Waals surface area contributed by atoms with Crippen molar-refractivity contribution in [3.05, 3.63) is 78.9 Å². The van der Waals surface area contributed by atoms with Gasteiger partial charge in [0, 0.05) is 41.8 Å². The summed E-state index contributed by atoms with van der Waals surface area (Å²) < 4.78 is 2.06. The second-order valence-corrected chi connectivity index (χ2v) is 7.29. The summed E-state index contributed by atoms with van der Waals surface area (Å²) in [5.41, 5.74) is 2.30. The summed E-state index contributed by atoms with van der Waals surface area (Å²) in [5, 5.41) is 7.12. The van der Waals surface area contributed by atoms with Gasteiger partial charge in [0.25, 0.3) is 0 Å². The van der Waals surface area contributed by atoms with E-state index in [1.165, 1.54) is 10.5 Å². The third kappa shape index (κ3) is 6.20. The van der Waals surface area contributed by atoms with Crippen LogP contribution in [0.1, 0.15) is 12.0 Å². The monoisotopic (exact) mass is 382 g/mol.